The van der Waals surface area contributed by atoms with Crippen molar-refractivity contribution < 1.29 is 14.3 Å². The number of nitrogens with two attached hydrogens (primary N) is 1. The first-order chi connectivity index (χ1) is 11.2. The zero-order valence-electron chi connectivity index (χ0n) is 13.1. The summed E-state index contributed by atoms with van der Waals surface area (Å²) in [6, 6.07) is 7.08. The molecule has 1 fully saturated rings. The van der Waals surface area contributed by atoms with Gasteiger partial charge in [-0.15, -0.1) is 5.10 Å². The quantitative estimate of drug-likeness (QED) is 0.845. The Balaban J connectivity index is 1.92. The molecular weight excluding hydrogens is 296 g/mol. The lowest BCUT2D eigenvalue weighted by Gasteiger charge is -2.13. The molecule has 1 unspecified atom stereocenters. The van der Waals surface area contributed by atoms with Gasteiger partial charge in [-0.1, -0.05) is 5.21 Å². The van der Waals surface area contributed by atoms with Gasteiger partial charge in [0.2, 0.25) is 0 Å². The molecule has 7 nitrogen and oxygen atoms in total. The molecule has 1 atom stereocenters. The predicted molar refractivity (Wildman–Crippen MR) is 83.1 cm³/mol. The van der Waals surface area contributed by atoms with Crippen molar-refractivity contribution in [2.24, 2.45) is 5.73 Å². The zero-order valence-corrected chi connectivity index (χ0v) is 13.1. The molecule has 1 saturated heterocycles. The van der Waals surface area contributed by atoms with E-state index >= 15 is 0 Å². The van der Waals surface area contributed by atoms with Crippen LogP contribution in [-0.4, -0.2) is 34.2 Å². The van der Waals surface area contributed by atoms with Crippen LogP contribution in [0.3, 0.4) is 0 Å². The Morgan fingerprint density at radius 3 is 2.83 bits per heavy atom. The van der Waals surface area contributed by atoms with E-state index in [1.54, 1.807) is 23.7 Å². The molecule has 3 rings (SSSR count). The monoisotopic (exact) mass is 316 g/mol. The van der Waals surface area contributed by atoms with Crippen molar-refractivity contribution in [3.05, 3.63) is 41.2 Å². The van der Waals surface area contributed by atoms with Crippen LogP contribution in [0.15, 0.2) is 24.3 Å². The molecule has 1 aliphatic heterocycles. The van der Waals surface area contributed by atoms with Gasteiger partial charge >= 0.3 is 5.97 Å². The lowest BCUT2D eigenvalue weighted by atomic mass is 10.1. The Morgan fingerprint density at radius 2 is 2.22 bits per heavy atom. The number of esters is 1. The number of nitrogens with zero attached hydrogens (tertiary/aromatic N) is 3. The summed E-state index contributed by atoms with van der Waals surface area (Å²) in [4.78, 5) is 11.7. The van der Waals surface area contributed by atoms with Crippen LogP contribution in [0.5, 0.6) is 0 Å². The van der Waals surface area contributed by atoms with E-state index in [1.165, 1.54) is 0 Å². The second kappa shape index (κ2) is 6.89. The van der Waals surface area contributed by atoms with Crippen LogP contribution in [-0.2, 0) is 16.0 Å². The summed E-state index contributed by atoms with van der Waals surface area (Å²) in [6.07, 6.45) is 1.91. The standard InChI is InChI=1S/C16H20N4O3/c1-2-22-16(21)11-5-7-12(8-6-11)20-15(13(10-17)18-19-20)14-4-3-9-23-14/h5-8,14H,2-4,9-10,17H2,1H3. The van der Waals surface area contributed by atoms with E-state index in [1.807, 2.05) is 12.1 Å². The average Bonchev–Trinajstić information content (AvgIpc) is 3.24. The highest BCUT2D eigenvalue weighted by molar-refractivity contribution is 5.89. The van der Waals surface area contributed by atoms with Gasteiger partial charge in [-0.25, -0.2) is 9.48 Å². The number of carbonyl (C=O) groups excluding carboxylic acids is 1. The van der Waals surface area contributed by atoms with Gasteiger partial charge < -0.3 is 15.2 Å². The van der Waals surface area contributed by atoms with Gasteiger partial charge in [0.05, 0.1) is 23.6 Å². The Labute approximate surface area is 134 Å². The highest BCUT2D eigenvalue weighted by Crippen LogP contribution is 2.31. The first kappa shape index (κ1) is 15.6. The van der Waals surface area contributed by atoms with Crippen molar-refractivity contribution in [3.8, 4) is 5.69 Å². The number of benzene rings is 1. The predicted octanol–water partition coefficient (Wildman–Crippen LogP) is 1.75. The summed E-state index contributed by atoms with van der Waals surface area (Å²) in [5.41, 5.74) is 8.74. The van der Waals surface area contributed by atoms with E-state index in [4.69, 9.17) is 15.2 Å². The average molecular weight is 316 g/mol. The molecule has 0 amide bonds. The third-order valence-corrected chi connectivity index (χ3v) is 3.83. The lowest BCUT2D eigenvalue weighted by Crippen LogP contribution is -2.11. The third-order valence-electron chi connectivity index (χ3n) is 3.83. The van der Waals surface area contributed by atoms with Crippen LogP contribution in [0.2, 0.25) is 0 Å². The number of rotatable bonds is 5. The van der Waals surface area contributed by atoms with Crippen LogP contribution in [0.25, 0.3) is 5.69 Å². The Bertz CT molecular complexity index is 675. The fraction of sp³-hybridized carbons (Fsp3) is 0.438. The minimum absolute atomic E-state index is 0.0340. The van der Waals surface area contributed by atoms with E-state index in [0.29, 0.717) is 18.7 Å². The van der Waals surface area contributed by atoms with E-state index in [-0.39, 0.29) is 12.1 Å². The fourth-order valence-corrected chi connectivity index (χ4v) is 2.73. The summed E-state index contributed by atoms with van der Waals surface area (Å²) in [5.74, 6) is -0.334. The molecule has 23 heavy (non-hydrogen) atoms. The van der Waals surface area contributed by atoms with Crippen LogP contribution >= 0.6 is 0 Å². The minimum Gasteiger partial charge on any atom is -0.462 e. The largest absolute Gasteiger partial charge is 0.462 e. The molecule has 0 saturated carbocycles. The first-order valence-electron chi connectivity index (χ1n) is 7.78. The molecule has 0 bridgehead atoms. The summed E-state index contributed by atoms with van der Waals surface area (Å²) in [5, 5.41) is 8.36. The van der Waals surface area contributed by atoms with Crippen LogP contribution in [0.4, 0.5) is 0 Å². The summed E-state index contributed by atoms with van der Waals surface area (Å²) >= 11 is 0. The van der Waals surface area contributed by atoms with E-state index in [9.17, 15) is 4.79 Å². The van der Waals surface area contributed by atoms with Crippen LogP contribution < -0.4 is 5.73 Å². The summed E-state index contributed by atoms with van der Waals surface area (Å²) in [7, 11) is 0. The van der Waals surface area contributed by atoms with E-state index < -0.39 is 0 Å². The van der Waals surface area contributed by atoms with Crippen LogP contribution in [0, 0.1) is 0 Å². The van der Waals surface area contributed by atoms with Gasteiger partial charge in [0.25, 0.3) is 0 Å². The highest BCUT2D eigenvalue weighted by atomic mass is 16.5. The Kier molecular flexibility index (Phi) is 4.68. The molecule has 122 valence electrons. The topological polar surface area (TPSA) is 92.3 Å². The van der Waals surface area contributed by atoms with Crippen molar-refractivity contribution in [1.29, 1.82) is 0 Å². The Hall–Kier alpha value is -2.25. The van der Waals surface area contributed by atoms with Gasteiger partial charge in [-0.2, -0.15) is 0 Å². The molecule has 1 aromatic heterocycles. The zero-order chi connectivity index (χ0) is 16.2. The van der Waals surface area contributed by atoms with Gasteiger partial charge in [0.1, 0.15) is 11.8 Å². The second-order valence-corrected chi connectivity index (χ2v) is 5.31. The smallest absolute Gasteiger partial charge is 0.338 e. The molecule has 2 N–H and O–H groups in total. The van der Waals surface area contributed by atoms with Crippen LogP contribution in [0.1, 0.15) is 47.6 Å². The van der Waals surface area contributed by atoms with E-state index in [0.717, 1.165) is 36.5 Å². The normalized spacial score (nSPS) is 17.4. The summed E-state index contributed by atoms with van der Waals surface area (Å²) in [6.45, 7) is 3.19. The fourth-order valence-electron chi connectivity index (χ4n) is 2.73. The lowest BCUT2D eigenvalue weighted by molar-refractivity contribution is 0.0526. The number of hydrogen-bond acceptors (Lipinski definition) is 6. The maximum atomic E-state index is 11.7. The number of carbonyl (C=O) groups is 1. The van der Waals surface area contributed by atoms with Gasteiger partial charge in [0.15, 0.2) is 0 Å². The molecule has 1 aliphatic rings. The van der Waals surface area contributed by atoms with Gasteiger partial charge in [0, 0.05) is 13.2 Å². The van der Waals surface area contributed by atoms with Crippen molar-refractivity contribution >= 4 is 5.97 Å². The van der Waals surface area contributed by atoms with Gasteiger partial charge in [-0.05, 0) is 44.0 Å². The molecule has 2 aromatic rings. The van der Waals surface area contributed by atoms with Crippen molar-refractivity contribution in [2.45, 2.75) is 32.4 Å². The SMILES string of the molecule is CCOC(=O)c1ccc(-n2nnc(CN)c2C2CCCO2)cc1. The maximum absolute atomic E-state index is 11.7. The Morgan fingerprint density at radius 1 is 1.43 bits per heavy atom. The second-order valence-electron chi connectivity index (χ2n) is 5.31. The van der Waals surface area contributed by atoms with Crippen molar-refractivity contribution in [1.82, 2.24) is 15.0 Å². The third kappa shape index (κ3) is 3.11. The number of aromatic nitrogens is 3. The molecule has 0 spiro atoms. The summed E-state index contributed by atoms with van der Waals surface area (Å²) < 4.78 is 12.5. The molecule has 7 heteroatoms. The molecule has 0 aliphatic carbocycles. The van der Waals surface area contributed by atoms with Gasteiger partial charge in [-0.3, -0.25) is 0 Å². The molecule has 0 radical (unpaired) electrons. The number of ether oxygens (including phenoxy) is 2. The number of hydrogen-bond donors (Lipinski definition) is 1. The molecular formula is C16H20N4O3. The maximum Gasteiger partial charge on any atom is 0.338 e. The molecule has 1 aromatic carbocycles. The molecule has 2 heterocycles. The minimum atomic E-state index is -0.334. The van der Waals surface area contributed by atoms with Crippen molar-refractivity contribution in [3.63, 3.8) is 0 Å². The van der Waals surface area contributed by atoms with Crippen molar-refractivity contribution in [2.75, 3.05) is 13.2 Å². The first-order valence-corrected chi connectivity index (χ1v) is 7.78. The van der Waals surface area contributed by atoms with E-state index in [2.05, 4.69) is 10.3 Å². The highest BCUT2D eigenvalue weighted by Gasteiger charge is 2.26.